The average molecular weight is 514 g/mol. The highest BCUT2D eigenvalue weighted by Gasteiger charge is 2.24. The molecule has 37 heavy (non-hydrogen) atoms. The standard InChI is InChI=1S/C26H35N5O6/c1-4-37-24(32)18-28-26(34)29-19-9-10-21(20(17-19)25(33)27-11-16-35-2)30-12-14-31(15-13-30)22-7-5-6-8-23(22)36-3/h5-10,17H,4,11-16,18H2,1-3H3,(H,27,33)(H2,28,29,34). The summed E-state index contributed by atoms with van der Waals surface area (Å²) in [5, 5.41) is 7.97. The monoisotopic (exact) mass is 513 g/mol. The predicted octanol–water partition coefficient (Wildman–Crippen LogP) is 2.08. The number of para-hydroxylation sites is 2. The topological polar surface area (TPSA) is 121 Å². The molecular weight excluding hydrogens is 478 g/mol. The molecule has 1 heterocycles. The van der Waals surface area contributed by atoms with E-state index in [1.165, 1.54) is 0 Å². The summed E-state index contributed by atoms with van der Waals surface area (Å²) in [7, 11) is 3.23. The van der Waals surface area contributed by atoms with Crippen LogP contribution in [0.3, 0.4) is 0 Å². The van der Waals surface area contributed by atoms with E-state index < -0.39 is 12.0 Å². The van der Waals surface area contributed by atoms with Gasteiger partial charge in [0.1, 0.15) is 12.3 Å². The van der Waals surface area contributed by atoms with E-state index in [2.05, 4.69) is 25.8 Å². The van der Waals surface area contributed by atoms with E-state index in [0.29, 0.717) is 37.5 Å². The number of nitrogens with one attached hydrogen (secondary N) is 3. The number of anilines is 3. The number of amides is 3. The number of urea groups is 1. The zero-order chi connectivity index (χ0) is 26.6. The van der Waals surface area contributed by atoms with E-state index in [9.17, 15) is 14.4 Å². The number of rotatable bonds is 11. The maximum absolute atomic E-state index is 13.1. The van der Waals surface area contributed by atoms with Crippen LogP contribution < -0.4 is 30.5 Å². The second-order valence-electron chi connectivity index (χ2n) is 8.24. The van der Waals surface area contributed by atoms with Gasteiger partial charge in [-0.1, -0.05) is 12.1 Å². The smallest absolute Gasteiger partial charge is 0.325 e. The summed E-state index contributed by atoms with van der Waals surface area (Å²) in [5.74, 6) is 0.0269. The number of ether oxygens (including phenoxy) is 3. The zero-order valence-corrected chi connectivity index (χ0v) is 21.5. The van der Waals surface area contributed by atoms with Gasteiger partial charge in [0.25, 0.3) is 5.91 Å². The van der Waals surface area contributed by atoms with Gasteiger partial charge in [-0.05, 0) is 37.3 Å². The van der Waals surface area contributed by atoms with Crippen LogP contribution >= 0.6 is 0 Å². The van der Waals surface area contributed by atoms with Crippen LogP contribution in [0.1, 0.15) is 17.3 Å². The molecule has 0 spiro atoms. The fraction of sp³-hybridized carbons (Fsp3) is 0.423. The first-order valence-corrected chi connectivity index (χ1v) is 12.2. The molecule has 2 aromatic carbocycles. The molecule has 200 valence electrons. The van der Waals surface area contributed by atoms with Gasteiger partial charge < -0.3 is 40.0 Å². The predicted molar refractivity (Wildman–Crippen MR) is 142 cm³/mol. The van der Waals surface area contributed by atoms with Crippen molar-refractivity contribution in [3.63, 3.8) is 0 Å². The average Bonchev–Trinajstić information content (AvgIpc) is 2.92. The minimum Gasteiger partial charge on any atom is -0.495 e. The number of piperazine rings is 1. The Labute approximate surface area is 217 Å². The van der Waals surface area contributed by atoms with Crippen molar-refractivity contribution in [2.24, 2.45) is 0 Å². The van der Waals surface area contributed by atoms with E-state index >= 15 is 0 Å². The van der Waals surface area contributed by atoms with Gasteiger partial charge in [0.2, 0.25) is 0 Å². The molecule has 0 atom stereocenters. The molecule has 3 amide bonds. The summed E-state index contributed by atoms with van der Waals surface area (Å²) in [6, 6.07) is 12.5. The van der Waals surface area contributed by atoms with Gasteiger partial charge in [-0.15, -0.1) is 0 Å². The van der Waals surface area contributed by atoms with Gasteiger partial charge in [0.05, 0.1) is 31.6 Å². The van der Waals surface area contributed by atoms with Gasteiger partial charge in [0, 0.05) is 51.2 Å². The summed E-state index contributed by atoms with van der Waals surface area (Å²) in [6.45, 7) is 5.31. The maximum Gasteiger partial charge on any atom is 0.325 e. The number of hydrogen-bond acceptors (Lipinski definition) is 8. The molecular formula is C26H35N5O6. The Balaban J connectivity index is 1.73. The minimum atomic E-state index is -0.572. The first-order chi connectivity index (χ1) is 18.0. The van der Waals surface area contributed by atoms with Gasteiger partial charge in [-0.25, -0.2) is 4.79 Å². The summed E-state index contributed by atoms with van der Waals surface area (Å²) in [5.41, 5.74) is 2.67. The van der Waals surface area contributed by atoms with Gasteiger partial charge >= 0.3 is 12.0 Å². The second kappa shape index (κ2) is 13.9. The van der Waals surface area contributed by atoms with Crippen LogP contribution in [0.25, 0.3) is 0 Å². The number of hydrogen-bond donors (Lipinski definition) is 3. The fourth-order valence-electron chi connectivity index (χ4n) is 4.05. The van der Waals surface area contributed by atoms with Crippen molar-refractivity contribution < 1.29 is 28.6 Å². The molecule has 0 saturated carbocycles. The SMILES string of the molecule is CCOC(=O)CNC(=O)Nc1ccc(N2CCN(c3ccccc3OC)CC2)c(C(=O)NCCOC)c1. The maximum atomic E-state index is 13.1. The lowest BCUT2D eigenvalue weighted by molar-refractivity contribution is -0.141. The Morgan fingerprint density at radius 1 is 0.919 bits per heavy atom. The van der Waals surface area contributed by atoms with E-state index in [1.807, 2.05) is 30.3 Å². The third kappa shape index (κ3) is 7.74. The second-order valence-corrected chi connectivity index (χ2v) is 8.24. The lowest BCUT2D eigenvalue weighted by Crippen LogP contribution is -2.47. The molecule has 0 aliphatic carbocycles. The van der Waals surface area contributed by atoms with Crippen LogP contribution in [-0.4, -0.2) is 84.6 Å². The molecule has 2 aromatic rings. The Hall–Kier alpha value is -3.99. The van der Waals surface area contributed by atoms with Crippen LogP contribution in [0.15, 0.2) is 42.5 Å². The number of methoxy groups -OCH3 is 2. The van der Waals surface area contributed by atoms with E-state index in [1.54, 1.807) is 33.3 Å². The number of benzene rings is 2. The van der Waals surface area contributed by atoms with Crippen molar-refractivity contribution in [3.05, 3.63) is 48.0 Å². The van der Waals surface area contributed by atoms with Crippen LogP contribution in [-0.2, 0) is 14.3 Å². The number of esters is 1. The third-order valence-corrected chi connectivity index (χ3v) is 5.84. The molecule has 0 aromatic heterocycles. The molecule has 0 unspecified atom stereocenters. The number of carbonyl (C=O) groups excluding carboxylic acids is 3. The van der Waals surface area contributed by atoms with E-state index in [0.717, 1.165) is 30.2 Å². The molecule has 3 N–H and O–H groups in total. The van der Waals surface area contributed by atoms with Crippen LogP contribution in [0.4, 0.5) is 21.9 Å². The fourth-order valence-corrected chi connectivity index (χ4v) is 4.05. The van der Waals surface area contributed by atoms with Crippen LogP contribution in [0.5, 0.6) is 5.75 Å². The van der Waals surface area contributed by atoms with Gasteiger partial charge in [0.15, 0.2) is 0 Å². The number of carbonyl (C=O) groups is 3. The van der Waals surface area contributed by atoms with Gasteiger partial charge in [-0.2, -0.15) is 0 Å². The molecule has 1 fully saturated rings. The van der Waals surface area contributed by atoms with Crippen molar-refractivity contribution in [1.29, 1.82) is 0 Å². The molecule has 11 heteroatoms. The molecule has 0 bridgehead atoms. The molecule has 3 rings (SSSR count). The third-order valence-electron chi connectivity index (χ3n) is 5.84. The molecule has 1 aliphatic rings. The first-order valence-electron chi connectivity index (χ1n) is 12.2. The zero-order valence-electron chi connectivity index (χ0n) is 21.5. The van der Waals surface area contributed by atoms with E-state index in [-0.39, 0.29) is 19.1 Å². The largest absolute Gasteiger partial charge is 0.495 e. The van der Waals surface area contributed by atoms with Crippen LogP contribution in [0, 0.1) is 0 Å². The highest BCUT2D eigenvalue weighted by molar-refractivity contribution is 6.02. The Kier molecular flexibility index (Phi) is 10.4. The quantitative estimate of drug-likeness (QED) is 0.309. The highest BCUT2D eigenvalue weighted by atomic mass is 16.5. The van der Waals surface area contributed by atoms with Crippen molar-refractivity contribution in [2.75, 3.05) is 81.8 Å². The lowest BCUT2D eigenvalue weighted by atomic mass is 10.1. The van der Waals surface area contributed by atoms with Crippen molar-refractivity contribution in [1.82, 2.24) is 10.6 Å². The molecule has 0 radical (unpaired) electrons. The summed E-state index contributed by atoms with van der Waals surface area (Å²) in [4.78, 5) is 41.2. The normalized spacial score (nSPS) is 13.1. The minimum absolute atomic E-state index is 0.234. The highest BCUT2D eigenvalue weighted by Crippen LogP contribution is 2.31. The molecule has 1 aliphatic heterocycles. The Bertz CT molecular complexity index is 1070. The Morgan fingerprint density at radius 3 is 2.30 bits per heavy atom. The van der Waals surface area contributed by atoms with Crippen molar-refractivity contribution in [2.45, 2.75) is 6.92 Å². The molecule has 11 nitrogen and oxygen atoms in total. The Morgan fingerprint density at radius 2 is 1.62 bits per heavy atom. The molecule has 1 saturated heterocycles. The lowest BCUT2D eigenvalue weighted by Gasteiger charge is -2.38. The summed E-state index contributed by atoms with van der Waals surface area (Å²) < 4.78 is 15.4. The number of nitrogens with zero attached hydrogens (tertiary/aromatic N) is 2. The van der Waals surface area contributed by atoms with Crippen LogP contribution in [0.2, 0.25) is 0 Å². The van der Waals surface area contributed by atoms with Crippen molar-refractivity contribution >= 4 is 35.0 Å². The van der Waals surface area contributed by atoms with Crippen molar-refractivity contribution in [3.8, 4) is 5.75 Å². The summed E-state index contributed by atoms with van der Waals surface area (Å²) in [6.07, 6.45) is 0. The van der Waals surface area contributed by atoms with E-state index in [4.69, 9.17) is 14.2 Å². The first kappa shape index (κ1) is 27.6. The van der Waals surface area contributed by atoms with Gasteiger partial charge in [-0.3, -0.25) is 9.59 Å². The summed E-state index contributed by atoms with van der Waals surface area (Å²) >= 11 is 0.